The van der Waals surface area contributed by atoms with Crippen molar-refractivity contribution < 1.29 is 4.74 Å². The number of ether oxygens (including phenoxy) is 1. The highest BCUT2D eigenvalue weighted by molar-refractivity contribution is 7.11. The Kier molecular flexibility index (Phi) is 4.71. The van der Waals surface area contributed by atoms with E-state index < -0.39 is 0 Å². The van der Waals surface area contributed by atoms with E-state index in [4.69, 9.17) is 4.74 Å². The zero-order valence-corrected chi connectivity index (χ0v) is 10.6. The molecule has 4 nitrogen and oxygen atoms in total. The lowest BCUT2D eigenvalue weighted by atomic mass is 10.3. The smallest absolute Gasteiger partial charge is 0.0940 e. The first-order chi connectivity index (χ1) is 7.88. The molecule has 16 heavy (non-hydrogen) atoms. The molecule has 1 aromatic rings. The molecular weight excluding hydrogens is 222 g/mol. The third-order valence-electron chi connectivity index (χ3n) is 2.70. The summed E-state index contributed by atoms with van der Waals surface area (Å²) in [7, 11) is 1.97. The maximum absolute atomic E-state index is 5.32. The molecule has 0 unspecified atom stereocenters. The standard InChI is InChI=1S/C11H19N3OS/c1-12-8-10-9-13-11(16-10)2-3-14-4-6-15-7-5-14/h9,12H,2-8H2,1H3. The van der Waals surface area contributed by atoms with E-state index in [-0.39, 0.29) is 0 Å². The molecule has 1 aliphatic heterocycles. The molecule has 0 atom stereocenters. The van der Waals surface area contributed by atoms with E-state index in [1.54, 1.807) is 0 Å². The summed E-state index contributed by atoms with van der Waals surface area (Å²) in [5, 5.41) is 4.39. The van der Waals surface area contributed by atoms with Crippen molar-refractivity contribution in [3.8, 4) is 0 Å². The number of thiazole rings is 1. The first-order valence-electron chi connectivity index (χ1n) is 5.77. The lowest BCUT2D eigenvalue weighted by Crippen LogP contribution is -2.37. The molecule has 2 heterocycles. The number of hydrogen-bond donors (Lipinski definition) is 1. The van der Waals surface area contributed by atoms with Gasteiger partial charge in [0.15, 0.2) is 0 Å². The zero-order chi connectivity index (χ0) is 11.2. The SMILES string of the molecule is CNCc1cnc(CCN2CCOCC2)s1. The van der Waals surface area contributed by atoms with Crippen LogP contribution in [0.3, 0.4) is 0 Å². The fourth-order valence-electron chi connectivity index (χ4n) is 1.80. The van der Waals surface area contributed by atoms with Crippen LogP contribution in [-0.4, -0.2) is 49.8 Å². The van der Waals surface area contributed by atoms with Crippen molar-refractivity contribution >= 4 is 11.3 Å². The second-order valence-electron chi connectivity index (χ2n) is 3.95. The maximum Gasteiger partial charge on any atom is 0.0940 e. The topological polar surface area (TPSA) is 37.4 Å². The first-order valence-corrected chi connectivity index (χ1v) is 6.58. The van der Waals surface area contributed by atoms with Crippen molar-refractivity contribution in [2.24, 2.45) is 0 Å². The number of rotatable bonds is 5. The molecular formula is C11H19N3OS. The maximum atomic E-state index is 5.32. The summed E-state index contributed by atoms with van der Waals surface area (Å²) in [5.41, 5.74) is 0. The van der Waals surface area contributed by atoms with Gasteiger partial charge in [-0.05, 0) is 7.05 Å². The summed E-state index contributed by atoms with van der Waals surface area (Å²) in [6.07, 6.45) is 3.05. The molecule has 1 fully saturated rings. The molecule has 5 heteroatoms. The number of morpholine rings is 1. The van der Waals surface area contributed by atoms with Crippen molar-refractivity contribution in [1.82, 2.24) is 15.2 Å². The largest absolute Gasteiger partial charge is 0.379 e. The minimum Gasteiger partial charge on any atom is -0.379 e. The van der Waals surface area contributed by atoms with Crippen molar-refractivity contribution in [1.29, 1.82) is 0 Å². The van der Waals surface area contributed by atoms with Crippen molar-refractivity contribution in [3.05, 3.63) is 16.1 Å². The average molecular weight is 241 g/mol. The Morgan fingerprint density at radius 2 is 2.31 bits per heavy atom. The fraction of sp³-hybridized carbons (Fsp3) is 0.727. The Labute approximate surface area is 101 Å². The Balaban J connectivity index is 1.75. The number of hydrogen-bond acceptors (Lipinski definition) is 5. The minimum absolute atomic E-state index is 0.878. The van der Waals surface area contributed by atoms with Crippen LogP contribution < -0.4 is 5.32 Å². The van der Waals surface area contributed by atoms with Gasteiger partial charge < -0.3 is 10.1 Å². The molecule has 1 aromatic heterocycles. The quantitative estimate of drug-likeness (QED) is 0.825. The van der Waals surface area contributed by atoms with E-state index in [0.717, 1.165) is 45.8 Å². The Morgan fingerprint density at radius 1 is 1.50 bits per heavy atom. The van der Waals surface area contributed by atoms with Crippen LogP contribution in [0, 0.1) is 0 Å². The highest BCUT2D eigenvalue weighted by Gasteiger charge is 2.10. The van der Waals surface area contributed by atoms with E-state index in [1.165, 1.54) is 9.88 Å². The summed E-state index contributed by atoms with van der Waals surface area (Å²) < 4.78 is 5.32. The minimum atomic E-state index is 0.878. The summed E-state index contributed by atoms with van der Waals surface area (Å²) in [6.45, 7) is 5.92. The predicted octanol–water partition coefficient (Wildman–Crippen LogP) is 0.737. The predicted molar refractivity (Wildman–Crippen MR) is 65.8 cm³/mol. The van der Waals surface area contributed by atoms with Crippen LogP contribution in [0.15, 0.2) is 6.20 Å². The Morgan fingerprint density at radius 3 is 3.06 bits per heavy atom. The average Bonchev–Trinajstić information content (AvgIpc) is 2.76. The molecule has 2 rings (SSSR count). The van der Waals surface area contributed by atoms with Gasteiger partial charge in [0.05, 0.1) is 18.2 Å². The molecule has 0 amide bonds. The fourth-order valence-corrected chi connectivity index (χ4v) is 2.72. The highest BCUT2D eigenvalue weighted by Crippen LogP contribution is 2.13. The van der Waals surface area contributed by atoms with Gasteiger partial charge in [0.25, 0.3) is 0 Å². The second-order valence-corrected chi connectivity index (χ2v) is 5.15. The number of aromatic nitrogens is 1. The third kappa shape index (κ3) is 3.52. The second kappa shape index (κ2) is 6.30. The van der Waals surface area contributed by atoms with Gasteiger partial charge in [-0.2, -0.15) is 0 Å². The van der Waals surface area contributed by atoms with Gasteiger partial charge in [0, 0.05) is 43.7 Å². The van der Waals surface area contributed by atoms with Crippen LogP contribution >= 0.6 is 11.3 Å². The number of nitrogens with zero attached hydrogens (tertiary/aromatic N) is 2. The molecule has 0 saturated carbocycles. The van der Waals surface area contributed by atoms with E-state index in [1.807, 2.05) is 24.6 Å². The van der Waals surface area contributed by atoms with Crippen molar-refractivity contribution in [2.75, 3.05) is 39.9 Å². The number of nitrogens with one attached hydrogen (secondary N) is 1. The van der Waals surface area contributed by atoms with E-state index >= 15 is 0 Å². The molecule has 1 aliphatic rings. The lowest BCUT2D eigenvalue weighted by molar-refractivity contribution is 0.0384. The van der Waals surface area contributed by atoms with Gasteiger partial charge in [-0.3, -0.25) is 4.90 Å². The molecule has 90 valence electrons. The summed E-state index contributed by atoms with van der Waals surface area (Å²) in [6, 6.07) is 0. The van der Waals surface area contributed by atoms with Crippen molar-refractivity contribution in [3.63, 3.8) is 0 Å². The molecule has 0 radical (unpaired) electrons. The van der Waals surface area contributed by atoms with Crippen LogP contribution in [0.4, 0.5) is 0 Å². The van der Waals surface area contributed by atoms with Gasteiger partial charge in [-0.25, -0.2) is 4.98 Å². The van der Waals surface area contributed by atoms with E-state index in [2.05, 4.69) is 15.2 Å². The van der Waals surface area contributed by atoms with Crippen LogP contribution in [0.25, 0.3) is 0 Å². The summed E-state index contributed by atoms with van der Waals surface area (Å²) in [5.74, 6) is 0. The third-order valence-corrected chi connectivity index (χ3v) is 3.76. The Bertz CT molecular complexity index is 310. The van der Waals surface area contributed by atoms with Crippen LogP contribution in [0.2, 0.25) is 0 Å². The van der Waals surface area contributed by atoms with Gasteiger partial charge in [-0.1, -0.05) is 0 Å². The molecule has 0 aliphatic carbocycles. The van der Waals surface area contributed by atoms with Gasteiger partial charge in [-0.15, -0.1) is 11.3 Å². The van der Waals surface area contributed by atoms with Crippen LogP contribution in [0.5, 0.6) is 0 Å². The van der Waals surface area contributed by atoms with E-state index in [9.17, 15) is 0 Å². The molecule has 0 aromatic carbocycles. The molecule has 0 bridgehead atoms. The van der Waals surface area contributed by atoms with E-state index in [0.29, 0.717) is 0 Å². The summed E-state index contributed by atoms with van der Waals surface area (Å²) >= 11 is 1.81. The normalized spacial score (nSPS) is 17.8. The lowest BCUT2D eigenvalue weighted by Gasteiger charge is -2.25. The van der Waals surface area contributed by atoms with Crippen LogP contribution in [-0.2, 0) is 17.7 Å². The van der Waals surface area contributed by atoms with Crippen molar-refractivity contribution in [2.45, 2.75) is 13.0 Å². The Hall–Kier alpha value is -0.490. The monoisotopic (exact) mass is 241 g/mol. The van der Waals surface area contributed by atoms with Gasteiger partial charge in [0.2, 0.25) is 0 Å². The van der Waals surface area contributed by atoms with Gasteiger partial charge >= 0.3 is 0 Å². The molecule has 1 N–H and O–H groups in total. The van der Waals surface area contributed by atoms with Crippen LogP contribution in [0.1, 0.15) is 9.88 Å². The summed E-state index contributed by atoms with van der Waals surface area (Å²) in [4.78, 5) is 8.21. The zero-order valence-electron chi connectivity index (χ0n) is 9.74. The highest BCUT2D eigenvalue weighted by atomic mass is 32.1. The molecule has 1 saturated heterocycles. The van der Waals surface area contributed by atoms with Gasteiger partial charge in [0.1, 0.15) is 0 Å². The first kappa shape index (κ1) is 12.0. The molecule has 0 spiro atoms.